The van der Waals surface area contributed by atoms with Crippen LogP contribution in [0.3, 0.4) is 0 Å². The number of piperidine rings is 1. The van der Waals surface area contributed by atoms with Gasteiger partial charge in [-0.2, -0.15) is 0 Å². The molecule has 1 saturated heterocycles. The average molecular weight is 459 g/mol. The van der Waals surface area contributed by atoms with Crippen LogP contribution in [0.25, 0.3) is 10.8 Å². The molecule has 1 N–H and O–H groups in total. The summed E-state index contributed by atoms with van der Waals surface area (Å²) in [7, 11) is 3.42. The first-order valence-electron chi connectivity index (χ1n) is 12.3. The zero-order chi connectivity index (χ0) is 23.5. The number of ether oxygens (including phenoxy) is 2. The number of hydrogen-bond donors (Lipinski definition) is 1. The summed E-state index contributed by atoms with van der Waals surface area (Å²) in [6.07, 6.45) is 4.03. The van der Waals surface area contributed by atoms with Crippen LogP contribution in [0.1, 0.15) is 30.4 Å². The Kier molecular flexibility index (Phi) is 6.46. The van der Waals surface area contributed by atoms with Gasteiger partial charge in [-0.3, -0.25) is 9.69 Å². The normalized spacial score (nSPS) is 19.2. The number of para-hydroxylation sites is 1. The standard InChI is InChI=1S/C29H34N2O3/c1-33-26-10-6-3-7-21(26)13-16-30-28(32)25-19-29(25)14-17-31(18-15-29)20-22-11-12-27(34-2)24-9-5-4-8-23(22)24/h3-12,25H,13-20H2,1-2H3,(H,30,32). The summed E-state index contributed by atoms with van der Waals surface area (Å²) in [6.45, 7) is 3.69. The third kappa shape index (κ3) is 4.49. The van der Waals surface area contributed by atoms with Gasteiger partial charge in [-0.1, -0.05) is 48.5 Å². The summed E-state index contributed by atoms with van der Waals surface area (Å²) in [5.74, 6) is 2.21. The van der Waals surface area contributed by atoms with Crippen molar-refractivity contribution in [2.45, 2.75) is 32.2 Å². The van der Waals surface area contributed by atoms with Gasteiger partial charge < -0.3 is 14.8 Å². The second-order valence-electron chi connectivity index (χ2n) is 9.72. The molecule has 3 aromatic rings. The maximum Gasteiger partial charge on any atom is 0.223 e. The van der Waals surface area contributed by atoms with Crippen molar-refractivity contribution in [2.24, 2.45) is 11.3 Å². The SMILES string of the molecule is COc1ccccc1CCNC(=O)C1CC12CCN(Cc1ccc(OC)c3ccccc13)CC2. The number of likely N-dealkylation sites (tertiary alicyclic amines) is 1. The van der Waals surface area contributed by atoms with Crippen molar-refractivity contribution in [3.05, 3.63) is 71.8 Å². The minimum absolute atomic E-state index is 0.175. The Labute approximate surface area is 202 Å². The Hall–Kier alpha value is -3.05. The highest BCUT2D eigenvalue weighted by molar-refractivity contribution is 5.91. The molecular weight excluding hydrogens is 424 g/mol. The highest BCUT2D eigenvalue weighted by Crippen LogP contribution is 2.59. The largest absolute Gasteiger partial charge is 0.496 e. The lowest BCUT2D eigenvalue weighted by molar-refractivity contribution is -0.123. The molecule has 0 aromatic heterocycles. The molecule has 1 unspecified atom stereocenters. The van der Waals surface area contributed by atoms with Gasteiger partial charge >= 0.3 is 0 Å². The van der Waals surface area contributed by atoms with E-state index in [9.17, 15) is 4.79 Å². The van der Waals surface area contributed by atoms with Crippen LogP contribution in [-0.4, -0.2) is 44.7 Å². The Morgan fingerprint density at radius 2 is 1.62 bits per heavy atom. The molecule has 34 heavy (non-hydrogen) atoms. The van der Waals surface area contributed by atoms with E-state index in [2.05, 4.69) is 52.7 Å². The van der Waals surface area contributed by atoms with Crippen molar-refractivity contribution in [3.63, 3.8) is 0 Å². The zero-order valence-electron chi connectivity index (χ0n) is 20.2. The van der Waals surface area contributed by atoms with Crippen molar-refractivity contribution in [3.8, 4) is 11.5 Å². The second-order valence-corrected chi connectivity index (χ2v) is 9.72. The topological polar surface area (TPSA) is 50.8 Å². The van der Waals surface area contributed by atoms with Crippen molar-refractivity contribution < 1.29 is 14.3 Å². The van der Waals surface area contributed by atoms with E-state index in [1.54, 1.807) is 14.2 Å². The van der Waals surface area contributed by atoms with Gasteiger partial charge in [0, 0.05) is 24.4 Å². The number of methoxy groups -OCH3 is 2. The van der Waals surface area contributed by atoms with Crippen LogP contribution in [-0.2, 0) is 17.8 Å². The lowest BCUT2D eigenvalue weighted by atomic mass is 9.90. The number of fused-ring (bicyclic) bond motifs is 1. The van der Waals surface area contributed by atoms with E-state index in [4.69, 9.17) is 9.47 Å². The van der Waals surface area contributed by atoms with Crippen molar-refractivity contribution in [2.75, 3.05) is 33.9 Å². The van der Waals surface area contributed by atoms with Crippen molar-refractivity contribution >= 4 is 16.7 Å². The van der Waals surface area contributed by atoms with E-state index in [1.165, 1.54) is 16.3 Å². The molecule has 2 fully saturated rings. The van der Waals surface area contributed by atoms with Gasteiger partial charge in [-0.05, 0) is 72.8 Å². The van der Waals surface area contributed by atoms with E-state index in [0.717, 1.165) is 62.4 Å². The quantitative estimate of drug-likeness (QED) is 0.526. The van der Waals surface area contributed by atoms with Gasteiger partial charge in [-0.15, -0.1) is 0 Å². The van der Waals surface area contributed by atoms with Gasteiger partial charge in [-0.25, -0.2) is 0 Å². The summed E-state index contributed by atoms with van der Waals surface area (Å²) in [5, 5.41) is 5.61. The zero-order valence-corrected chi connectivity index (χ0v) is 20.2. The predicted molar refractivity (Wildman–Crippen MR) is 135 cm³/mol. The molecular formula is C29H34N2O3. The fourth-order valence-corrected chi connectivity index (χ4v) is 5.67. The molecule has 5 heteroatoms. The van der Waals surface area contributed by atoms with Gasteiger partial charge in [0.05, 0.1) is 14.2 Å². The van der Waals surface area contributed by atoms with Crippen molar-refractivity contribution in [1.82, 2.24) is 10.2 Å². The van der Waals surface area contributed by atoms with Gasteiger partial charge in [0.25, 0.3) is 0 Å². The van der Waals surface area contributed by atoms with E-state index in [0.29, 0.717) is 6.54 Å². The molecule has 0 bridgehead atoms. The minimum atomic E-state index is 0.175. The van der Waals surface area contributed by atoms with Crippen LogP contribution in [0.4, 0.5) is 0 Å². The third-order valence-corrected chi connectivity index (χ3v) is 7.83. The fourth-order valence-electron chi connectivity index (χ4n) is 5.67. The molecule has 1 aliphatic heterocycles. The Bertz CT molecular complexity index is 1170. The third-order valence-electron chi connectivity index (χ3n) is 7.83. The average Bonchev–Trinajstić information content (AvgIpc) is 3.59. The highest BCUT2D eigenvalue weighted by atomic mass is 16.5. The number of nitrogens with zero attached hydrogens (tertiary/aromatic N) is 1. The summed E-state index contributed by atoms with van der Waals surface area (Å²) in [4.78, 5) is 15.4. The summed E-state index contributed by atoms with van der Waals surface area (Å²) < 4.78 is 11.0. The summed E-state index contributed by atoms with van der Waals surface area (Å²) >= 11 is 0. The highest BCUT2D eigenvalue weighted by Gasteiger charge is 2.58. The molecule has 5 nitrogen and oxygen atoms in total. The molecule has 178 valence electrons. The number of carbonyl (C=O) groups is 1. The Morgan fingerprint density at radius 3 is 2.38 bits per heavy atom. The fraction of sp³-hybridized carbons (Fsp3) is 0.414. The molecule has 1 aliphatic carbocycles. The number of amides is 1. The molecule has 1 heterocycles. The van der Waals surface area contributed by atoms with Gasteiger partial charge in [0.15, 0.2) is 0 Å². The van der Waals surface area contributed by atoms with Crippen LogP contribution in [0, 0.1) is 11.3 Å². The minimum Gasteiger partial charge on any atom is -0.496 e. The maximum atomic E-state index is 12.8. The van der Waals surface area contributed by atoms with Crippen LogP contribution in [0.15, 0.2) is 60.7 Å². The first-order valence-corrected chi connectivity index (χ1v) is 12.3. The van der Waals surface area contributed by atoms with Crippen LogP contribution in [0.2, 0.25) is 0 Å². The Balaban J connectivity index is 1.13. The van der Waals surface area contributed by atoms with E-state index in [1.807, 2.05) is 18.2 Å². The van der Waals surface area contributed by atoms with Gasteiger partial charge in [0.2, 0.25) is 5.91 Å². The molecule has 1 spiro atoms. The predicted octanol–water partition coefficient (Wildman–Crippen LogP) is 4.82. The molecule has 1 saturated carbocycles. The number of carbonyl (C=O) groups excluding carboxylic acids is 1. The molecule has 1 amide bonds. The van der Waals surface area contributed by atoms with Crippen molar-refractivity contribution in [1.29, 1.82) is 0 Å². The summed E-state index contributed by atoms with van der Waals surface area (Å²) in [6, 6.07) is 20.8. The van der Waals surface area contributed by atoms with E-state index >= 15 is 0 Å². The van der Waals surface area contributed by atoms with E-state index in [-0.39, 0.29) is 17.2 Å². The summed E-state index contributed by atoms with van der Waals surface area (Å²) in [5.41, 5.74) is 2.69. The first-order chi connectivity index (χ1) is 16.6. The van der Waals surface area contributed by atoms with Crippen LogP contribution in [0.5, 0.6) is 11.5 Å². The number of hydrogen-bond acceptors (Lipinski definition) is 4. The number of rotatable bonds is 8. The molecule has 0 radical (unpaired) electrons. The van der Waals surface area contributed by atoms with E-state index < -0.39 is 0 Å². The molecule has 2 aliphatic rings. The molecule has 3 aromatic carbocycles. The monoisotopic (exact) mass is 458 g/mol. The smallest absolute Gasteiger partial charge is 0.223 e. The second kappa shape index (κ2) is 9.67. The molecule has 1 atom stereocenters. The Morgan fingerprint density at radius 1 is 0.912 bits per heavy atom. The lowest BCUT2D eigenvalue weighted by Gasteiger charge is -2.33. The first kappa shape index (κ1) is 22.7. The lowest BCUT2D eigenvalue weighted by Crippen LogP contribution is -2.37. The number of nitrogens with one attached hydrogen (secondary N) is 1. The number of benzene rings is 3. The molecule has 5 rings (SSSR count). The van der Waals surface area contributed by atoms with Crippen LogP contribution >= 0.6 is 0 Å². The van der Waals surface area contributed by atoms with Gasteiger partial charge in [0.1, 0.15) is 11.5 Å². The maximum absolute atomic E-state index is 12.8. The van der Waals surface area contributed by atoms with Crippen LogP contribution < -0.4 is 14.8 Å².